The first-order valence-corrected chi connectivity index (χ1v) is 5.48. The molecule has 8 heteroatoms. The van der Waals surface area contributed by atoms with Crippen LogP contribution in [0.25, 0.3) is 5.69 Å². The number of hydrogen-bond acceptors (Lipinski definition) is 5. The van der Waals surface area contributed by atoms with Crippen LogP contribution >= 0.6 is 0 Å². The summed E-state index contributed by atoms with van der Waals surface area (Å²) >= 11 is 0. The third-order valence-corrected chi connectivity index (χ3v) is 2.61. The summed E-state index contributed by atoms with van der Waals surface area (Å²) in [6.07, 6.45) is 0.348. The van der Waals surface area contributed by atoms with E-state index in [0.717, 1.165) is 0 Å². The molecular weight excluding hydrogens is 252 g/mol. The minimum atomic E-state index is -1.21. The molecule has 0 amide bonds. The van der Waals surface area contributed by atoms with E-state index in [2.05, 4.69) is 10.3 Å². The van der Waals surface area contributed by atoms with Crippen LogP contribution in [0.2, 0.25) is 0 Å². The molecule has 8 nitrogen and oxygen atoms in total. The van der Waals surface area contributed by atoms with Crippen molar-refractivity contribution in [3.63, 3.8) is 0 Å². The third kappa shape index (κ3) is 2.15. The Hall–Kier alpha value is -2.77. The van der Waals surface area contributed by atoms with E-state index >= 15 is 0 Å². The Morgan fingerprint density at radius 3 is 2.74 bits per heavy atom. The van der Waals surface area contributed by atoms with E-state index in [-0.39, 0.29) is 17.1 Å². The Bertz CT molecular complexity index is 650. The highest BCUT2D eigenvalue weighted by atomic mass is 16.6. The maximum Gasteiger partial charge on any atom is 0.358 e. The van der Waals surface area contributed by atoms with Crippen LogP contribution in [0.1, 0.15) is 23.1 Å². The standard InChI is InChI=1S/C11H10N4O4/c1-2-7-10(11(16)17)12-13-14(7)8-5-3-4-6-9(8)15(18)19/h3-6H,2H2,1H3,(H,16,17). The summed E-state index contributed by atoms with van der Waals surface area (Å²) in [6, 6.07) is 5.97. The number of carboxylic acids is 1. The number of nitrogens with zero attached hydrogens (tertiary/aromatic N) is 4. The highest BCUT2D eigenvalue weighted by Crippen LogP contribution is 2.23. The van der Waals surface area contributed by atoms with Crippen molar-refractivity contribution < 1.29 is 14.8 Å². The molecule has 2 rings (SSSR count). The lowest BCUT2D eigenvalue weighted by Gasteiger charge is -2.05. The molecule has 0 saturated heterocycles. The fraction of sp³-hybridized carbons (Fsp3) is 0.182. The van der Waals surface area contributed by atoms with E-state index < -0.39 is 10.9 Å². The molecule has 1 N–H and O–H groups in total. The Balaban J connectivity index is 2.66. The molecule has 0 radical (unpaired) electrons. The Morgan fingerprint density at radius 1 is 1.47 bits per heavy atom. The molecular formula is C11H10N4O4. The number of aromatic nitrogens is 3. The Labute approximate surface area is 107 Å². The monoisotopic (exact) mass is 262 g/mol. The molecule has 1 aromatic heterocycles. The molecule has 2 aromatic rings. The largest absolute Gasteiger partial charge is 0.476 e. The van der Waals surface area contributed by atoms with Crippen molar-refractivity contribution in [2.45, 2.75) is 13.3 Å². The summed E-state index contributed by atoms with van der Waals surface area (Å²) in [5.41, 5.74) is 0.172. The van der Waals surface area contributed by atoms with Crippen LogP contribution in [-0.4, -0.2) is 31.0 Å². The lowest BCUT2D eigenvalue weighted by Crippen LogP contribution is -2.07. The molecule has 1 aromatic carbocycles. The maximum atomic E-state index is 11.0. The van der Waals surface area contributed by atoms with Gasteiger partial charge < -0.3 is 5.11 Å². The molecule has 0 atom stereocenters. The van der Waals surface area contributed by atoms with Crippen LogP contribution in [0.4, 0.5) is 5.69 Å². The highest BCUT2D eigenvalue weighted by Gasteiger charge is 2.22. The van der Waals surface area contributed by atoms with E-state index in [0.29, 0.717) is 12.1 Å². The summed E-state index contributed by atoms with van der Waals surface area (Å²) in [5, 5.41) is 27.2. The first-order valence-electron chi connectivity index (χ1n) is 5.48. The third-order valence-electron chi connectivity index (χ3n) is 2.61. The van der Waals surface area contributed by atoms with Gasteiger partial charge >= 0.3 is 5.97 Å². The lowest BCUT2D eigenvalue weighted by atomic mass is 10.2. The number of aromatic carboxylic acids is 1. The second-order valence-electron chi connectivity index (χ2n) is 3.70. The molecule has 0 spiro atoms. The van der Waals surface area contributed by atoms with Crippen molar-refractivity contribution in [3.05, 3.63) is 45.8 Å². The molecule has 1 heterocycles. The van der Waals surface area contributed by atoms with Crippen LogP contribution in [0, 0.1) is 10.1 Å². The number of carbonyl (C=O) groups is 1. The van der Waals surface area contributed by atoms with E-state index in [1.165, 1.54) is 22.9 Å². The molecule has 0 aliphatic heterocycles. The van der Waals surface area contributed by atoms with Crippen LogP contribution in [-0.2, 0) is 6.42 Å². The zero-order chi connectivity index (χ0) is 14.0. The molecule has 0 bridgehead atoms. The normalized spacial score (nSPS) is 10.4. The topological polar surface area (TPSA) is 111 Å². The molecule has 98 valence electrons. The minimum absolute atomic E-state index is 0.154. The van der Waals surface area contributed by atoms with Gasteiger partial charge in [0.25, 0.3) is 5.69 Å². The average molecular weight is 262 g/mol. The van der Waals surface area contributed by atoms with Crippen molar-refractivity contribution in [3.8, 4) is 5.69 Å². The summed E-state index contributed by atoms with van der Waals surface area (Å²) in [7, 11) is 0. The molecule has 0 fully saturated rings. The number of hydrogen-bond donors (Lipinski definition) is 1. The average Bonchev–Trinajstić information content (AvgIpc) is 2.82. The van der Waals surface area contributed by atoms with Gasteiger partial charge in [-0.15, -0.1) is 5.10 Å². The molecule has 0 saturated carbocycles. The van der Waals surface area contributed by atoms with Gasteiger partial charge in [-0.05, 0) is 12.5 Å². The van der Waals surface area contributed by atoms with Crippen molar-refractivity contribution >= 4 is 11.7 Å². The lowest BCUT2D eigenvalue weighted by molar-refractivity contribution is -0.384. The van der Waals surface area contributed by atoms with Gasteiger partial charge in [-0.25, -0.2) is 9.48 Å². The van der Waals surface area contributed by atoms with E-state index in [9.17, 15) is 14.9 Å². The van der Waals surface area contributed by atoms with Crippen LogP contribution < -0.4 is 0 Å². The minimum Gasteiger partial charge on any atom is -0.476 e. The Morgan fingerprint density at radius 2 is 2.16 bits per heavy atom. The van der Waals surface area contributed by atoms with Gasteiger partial charge in [0.1, 0.15) is 5.69 Å². The summed E-state index contributed by atoms with van der Waals surface area (Å²) in [6.45, 7) is 1.73. The zero-order valence-corrected chi connectivity index (χ0v) is 9.98. The number of nitro benzene ring substituents is 1. The van der Waals surface area contributed by atoms with Gasteiger partial charge in [0, 0.05) is 6.07 Å². The van der Waals surface area contributed by atoms with Crippen molar-refractivity contribution in [2.24, 2.45) is 0 Å². The first kappa shape index (κ1) is 12.7. The van der Waals surface area contributed by atoms with Gasteiger partial charge in [-0.2, -0.15) is 0 Å². The maximum absolute atomic E-state index is 11.0. The number of nitro groups is 1. The van der Waals surface area contributed by atoms with Crippen molar-refractivity contribution in [1.82, 2.24) is 15.0 Å². The predicted molar refractivity (Wildman–Crippen MR) is 64.4 cm³/mol. The van der Waals surface area contributed by atoms with Crippen molar-refractivity contribution in [2.75, 3.05) is 0 Å². The van der Waals surface area contributed by atoms with E-state index in [1.54, 1.807) is 13.0 Å². The van der Waals surface area contributed by atoms with Gasteiger partial charge in [0.05, 0.1) is 10.6 Å². The summed E-state index contributed by atoms with van der Waals surface area (Å²) in [4.78, 5) is 21.4. The van der Waals surface area contributed by atoms with Crippen LogP contribution in [0.15, 0.2) is 24.3 Å². The molecule has 19 heavy (non-hydrogen) atoms. The number of para-hydroxylation sites is 2. The van der Waals surface area contributed by atoms with Crippen LogP contribution in [0.3, 0.4) is 0 Å². The molecule has 0 aliphatic rings. The van der Waals surface area contributed by atoms with Crippen LogP contribution in [0.5, 0.6) is 0 Å². The highest BCUT2D eigenvalue weighted by molar-refractivity contribution is 5.86. The zero-order valence-electron chi connectivity index (χ0n) is 9.98. The predicted octanol–water partition coefficient (Wildman–Crippen LogP) is 1.44. The van der Waals surface area contributed by atoms with Gasteiger partial charge in [0.15, 0.2) is 5.69 Å². The Kier molecular flexibility index (Phi) is 3.23. The second kappa shape index (κ2) is 4.84. The van der Waals surface area contributed by atoms with Gasteiger partial charge in [-0.1, -0.05) is 24.3 Å². The summed E-state index contributed by atoms with van der Waals surface area (Å²) in [5.74, 6) is -1.21. The smallest absolute Gasteiger partial charge is 0.358 e. The summed E-state index contributed by atoms with van der Waals surface area (Å²) < 4.78 is 1.20. The number of rotatable bonds is 4. The fourth-order valence-electron chi connectivity index (χ4n) is 1.78. The number of carboxylic acid groups (broad SMARTS) is 1. The van der Waals surface area contributed by atoms with Gasteiger partial charge in [0.2, 0.25) is 0 Å². The van der Waals surface area contributed by atoms with E-state index in [1.807, 2.05) is 0 Å². The quantitative estimate of drug-likeness (QED) is 0.659. The number of benzene rings is 1. The SMILES string of the molecule is CCc1c(C(=O)O)nnn1-c1ccccc1[N+](=O)[O-]. The molecule has 0 aliphatic carbocycles. The fourth-order valence-corrected chi connectivity index (χ4v) is 1.78. The first-order chi connectivity index (χ1) is 9.06. The molecule has 0 unspecified atom stereocenters. The van der Waals surface area contributed by atoms with Gasteiger partial charge in [-0.3, -0.25) is 10.1 Å². The van der Waals surface area contributed by atoms with Crippen molar-refractivity contribution in [1.29, 1.82) is 0 Å². The van der Waals surface area contributed by atoms with E-state index in [4.69, 9.17) is 5.11 Å². The second-order valence-corrected chi connectivity index (χ2v) is 3.70.